The molecule has 0 spiro atoms. The van der Waals surface area contributed by atoms with E-state index in [0.717, 1.165) is 0 Å². The Hall–Kier alpha value is -0.0831. The minimum Gasteiger partial charge on any atom is -0.307 e. The first-order valence-electron chi connectivity index (χ1n) is 4.98. The van der Waals surface area contributed by atoms with Gasteiger partial charge in [0.25, 0.3) is 0 Å². The summed E-state index contributed by atoms with van der Waals surface area (Å²) in [6.45, 7) is 9.08. The van der Waals surface area contributed by atoms with Gasteiger partial charge in [-0.15, -0.1) is 5.70 Å². The average Bonchev–Trinajstić information content (AvgIpc) is 2.03. The minimum atomic E-state index is 0.125. The van der Waals surface area contributed by atoms with Gasteiger partial charge in [0.2, 0.25) is 0 Å². The van der Waals surface area contributed by atoms with Crippen LogP contribution in [-0.4, -0.2) is 34.6 Å². The van der Waals surface area contributed by atoms with Crippen molar-refractivity contribution in [3.63, 3.8) is 0 Å². The summed E-state index contributed by atoms with van der Waals surface area (Å²) in [7, 11) is 2.32. The van der Waals surface area contributed by atoms with E-state index < -0.39 is 0 Å². The van der Waals surface area contributed by atoms with Crippen molar-refractivity contribution in [3.05, 3.63) is 11.3 Å². The lowest BCUT2D eigenvalue weighted by atomic mass is 10.4. The second-order valence-corrected chi connectivity index (χ2v) is 5.37. The number of hydrogen-bond donors (Lipinski definition) is 0. The predicted molar refractivity (Wildman–Crippen MR) is 60.6 cm³/mol. The summed E-state index contributed by atoms with van der Waals surface area (Å²) >= 11 is 0. The number of hydrogen-bond acceptors (Lipinski definition) is 1. The van der Waals surface area contributed by atoms with E-state index in [2.05, 4.69) is 38.4 Å². The number of allylic oxidation sites excluding steroid dienone is 1. The minimum absolute atomic E-state index is 0.125. The Morgan fingerprint density at radius 3 is 2.58 bits per heavy atom. The highest BCUT2D eigenvalue weighted by Gasteiger charge is 1.92. The van der Waals surface area contributed by atoms with Gasteiger partial charge in [-0.05, 0) is 40.4 Å². The molecule has 72 valence electrons. The zero-order valence-electron chi connectivity index (χ0n) is 9.06. The fourth-order valence-electron chi connectivity index (χ4n) is 1.07. The summed E-state index contributed by atoms with van der Waals surface area (Å²) in [6.07, 6.45) is 1.39. The maximum absolute atomic E-state index is 2.46. The van der Waals surface area contributed by atoms with Crippen LogP contribution >= 0.6 is 0 Å². The first-order valence-corrected chi connectivity index (χ1v) is 6.80. The van der Waals surface area contributed by atoms with Crippen LogP contribution in [0.25, 0.3) is 0 Å². The monoisotopic (exact) mass is 185 g/mol. The highest BCUT2D eigenvalue weighted by molar-refractivity contribution is 6.42. The van der Waals surface area contributed by atoms with Crippen molar-refractivity contribution >= 4 is 9.52 Å². The Morgan fingerprint density at radius 1 is 1.42 bits per heavy atom. The summed E-state index contributed by atoms with van der Waals surface area (Å²) < 4.78 is 0. The quantitative estimate of drug-likeness (QED) is 0.451. The Morgan fingerprint density at radius 2 is 2.08 bits per heavy atom. The van der Waals surface area contributed by atoms with Gasteiger partial charge < -0.3 is 4.90 Å². The van der Waals surface area contributed by atoms with Gasteiger partial charge in [-0.1, -0.05) is 18.5 Å². The molecule has 0 saturated heterocycles. The summed E-state index contributed by atoms with van der Waals surface area (Å²) in [6, 6.07) is 1.47. The van der Waals surface area contributed by atoms with E-state index in [4.69, 9.17) is 0 Å². The van der Waals surface area contributed by atoms with E-state index in [1.807, 2.05) is 0 Å². The van der Waals surface area contributed by atoms with Gasteiger partial charge in [0.05, 0.1) is 0 Å². The van der Waals surface area contributed by atoms with Crippen molar-refractivity contribution in [2.45, 2.75) is 33.2 Å². The summed E-state index contributed by atoms with van der Waals surface area (Å²) in [5.41, 5.74) is 3.97. The molecule has 0 amide bonds. The molecule has 2 heteroatoms. The molecule has 0 unspecified atom stereocenters. The largest absolute Gasteiger partial charge is 0.307 e. The van der Waals surface area contributed by atoms with Crippen molar-refractivity contribution in [2.24, 2.45) is 0 Å². The Kier molecular flexibility index (Phi) is 7.51. The van der Waals surface area contributed by atoms with E-state index >= 15 is 0 Å². The number of rotatable bonds is 6. The highest BCUT2D eigenvalue weighted by atomic mass is 28.2. The van der Waals surface area contributed by atoms with Crippen LogP contribution in [0.5, 0.6) is 0 Å². The SMILES string of the molecule is CCN(C)CCC[SiH2]C=C(C)C. The third kappa shape index (κ3) is 8.02. The molecule has 0 atom stereocenters. The van der Waals surface area contributed by atoms with Crippen molar-refractivity contribution in [1.82, 2.24) is 4.90 Å². The van der Waals surface area contributed by atoms with Crippen molar-refractivity contribution in [3.8, 4) is 0 Å². The van der Waals surface area contributed by atoms with E-state index in [1.54, 1.807) is 0 Å². The first-order chi connectivity index (χ1) is 5.66. The molecular formula is C10H23NSi. The fraction of sp³-hybridized carbons (Fsp3) is 0.800. The van der Waals surface area contributed by atoms with E-state index in [9.17, 15) is 0 Å². The van der Waals surface area contributed by atoms with Crippen molar-refractivity contribution in [2.75, 3.05) is 20.1 Å². The molecule has 0 aliphatic carbocycles. The first kappa shape index (κ1) is 11.9. The van der Waals surface area contributed by atoms with Crippen LogP contribution in [-0.2, 0) is 0 Å². The van der Waals surface area contributed by atoms with E-state index in [-0.39, 0.29) is 9.52 Å². The standard InChI is InChI=1S/C10H23NSi/c1-5-11(4)7-6-8-12-9-10(2)3/h9H,5-8,12H2,1-4H3. The lowest BCUT2D eigenvalue weighted by molar-refractivity contribution is 0.353. The number of nitrogens with zero attached hydrogens (tertiary/aromatic N) is 1. The van der Waals surface area contributed by atoms with Crippen LogP contribution in [0.4, 0.5) is 0 Å². The third-order valence-corrected chi connectivity index (χ3v) is 4.10. The molecule has 0 saturated carbocycles. The third-order valence-electron chi connectivity index (χ3n) is 2.09. The van der Waals surface area contributed by atoms with Crippen molar-refractivity contribution < 1.29 is 0 Å². The molecule has 1 nitrogen and oxygen atoms in total. The highest BCUT2D eigenvalue weighted by Crippen LogP contribution is 1.95. The van der Waals surface area contributed by atoms with Crippen molar-refractivity contribution in [1.29, 1.82) is 0 Å². The Bertz CT molecular complexity index is 128. The molecule has 0 radical (unpaired) electrons. The smallest absolute Gasteiger partial charge is 0.0453 e. The maximum atomic E-state index is 2.46. The van der Waals surface area contributed by atoms with Crippen LogP contribution < -0.4 is 0 Å². The zero-order valence-corrected chi connectivity index (χ0v) is 10.5. The normalized spacial score (nSPS) is 11.4. The zero-order chi connectivity index (χ0) is 9.40. The Labute approximate surface area is 79.7 Å². The molecule has 0 aromatic carbocycles. The van der Waals surface area contributed by atoms with Crippen LogP contribution in [0.2, 0.25) is 6.04 Å². The maximum Gasteiger partial charge on any atom is 0.0453 e. The van der Waals surface area contributed by atoms with Gasteiger partial charge in [0, 0.05) is 9.52 Å². The lowest BCUT2D eigenvalue weighted by Gasteiger charge is -2.12. The molecule has 0 heterocycles. The molecule has 0 aliphatic rings. The topological polar surface area (TPSA) is 3.24 Å². The van der Waals surface area contributed by atoms with Crippen LogP contribution in [0.1, 0.15) is 27.2 Å². The predicted octanol–water partition coefficient (Wildman–Crippen LogP) is 1.84. The van der Waals surface area contributed by atoms with Gasteiger partial charge in [-0.2, -0.15) is 0 Å². The Balaban J connectivity index is 3.16. The molecule has 0 aromatic heterocycles. The summed E-state index contributed by atoms with van der Waals surface area (Å²) in [4.78, 5) is 2.39. The van der Waals surface area contributed by atoms with Gasteiger partial charge >= 0.3 is 0 Å². The van der Waals surface area contributed by atoms with Gasteiger partial charge in [0.15, 0.2) is 0 Å². The molecule has 0 bridgehead atoms. The van der Waals surface area contributed by atoms with Crippen LogP contribution in [0.3, 0.4) is 0 Å². The summed E-state index contributed by atoms with van der Waals surface area (Å²) in [5, 5.41) is 0. The average molecular weight is 185 g/mol. The van der Waals surface area contributed by atoms with E-state index in [0.29, 0.717) is 0 Å². The molecule has 0 rings (SSSR count). The van der Waals surface area contributed by atoms with Gasteiger partial charge in [0.1, 0.15) is 0 Å². The molecule has 0 fully saturated rings. The molecule has 12 heavy (non-hydrogen) atoms. The van der Waals surface area contributed by atoms with Crippen LogP contribution in [0.15, 0.2) is 11.3 Å². The molecule has 0 aliphatic heterocycles. The second kappa shape index (κ2) is 7.56. The van der Waals surface area contributed by atoms with Gasteiger partial charge in [-0.3, -0.25) is 0 Å². The van der Waals surface area contributed by atoms with Crippen LogP contribution in [0, 0.1) is 0 Å². The van der Waals surface area contributed by atoms with E-state index in [1.165, 1.54) is 31.1 Å². The molecular weight excluding hydrogens is 162 g/mol. The lowest BCUT2D eigenvalue weighted by Crippen LogP contribution is -2.18. The molecule has 0 aromatic rings. The fourth-order valence-corrected chi connectivity index (χ4v) is 2.37. The second-order valence-electron chi connectivity index (χ2n) is 3.67. The summed E-state index contributed by atoms with van der Waals surface area (Å²) in [5.74, 6) is 0. The van der Waals surface area contributed by atoms with Gasteiger partial charge in [-0.25, -0.2) is 0 Å². The molecule has 0 N–H and O–H groups in total.